The third-order valence-electron chi connectivity index (χ3n) is 2.91. The Morgan fingerprint density at radius 3 is 2.18 bits per heavy atom. The molecule has 2 nitrogen and oxygen atoms in total. The number of hydrogen-bond acceptors (Lipinski definition) is 1. The fraction of sp³-hybridized carbons (Fsp3) is 0.267. The van der Waals surface area contributed by atoms with E-state index >= 15 is 0 Å². The number of nitrogens with zero attached hydrogens (tertiary/aromatic N) is 1. The van der Waals surface area contributed by atoms with E-state index in [1.807, 2.05) is 23.0 Å². The molecule has 2 aromatic rings. The smallest absolute Gasteiger partial charge is 0.0449 e. The molecule has 1 heterocycles. The van der Waals surface area contributed by atoms with Gasteiger partial charge in [0.05, 0.1) is 0 Å². The summed E-state index contributed by atoms with van der Waals surface area (Å²) in [5.41, 5.74) is 3.58. The quantitative estimate of drug-likeness (QED) is 0.755. The van der Waals surface area contributed by atoms with Crippen molar-refractivity contribution in [2.45, 2.75) is 26.2 Å². The first-order valence-corrected chi connectivity index (χ1v) is 5.80. The van der Waals surface area contributed by atoms with Gasteiger partial charge in [-0.2, -0.15) is 0 Å². The summed E-state index contributed by atoms with van der Waals surface area (Å²) < 4.78 is 2.03. The zero-order chi connectivity index (χ0) is 12.5. The van der Waals surface area contributed by atoms with Gasteiger partial charge in [0.15, 0.2) is 0 Å². The number of aromatic nitrogens is 1. The van der Waals surface area contributed by atoms with Gasteiger partial charge in [-0.3, -0.25) is 0 Å². The second-order valence-corrected chi connectivity index (χ2v) is 5.29. The van der Waals surface area contributed by atoms with Crippen LogP contribution >= 0.6 is 0 Å². The lowest BCUT2D eigenvalue weighted by atomic mass is 9.87. The molecule has 0 aliphatic heterocycles. The summed E-state index contributed by atoms with van der Waals surface area (Å²) >= 11 is 0. The van der Waals surface area contributed by atoms with Gasteiger partial charge in [-0.05, 0) is 29.2 Å². The average Bonchev–Trinajstić information content (AvgIpc) is 2.76. The Hall–Kier alpha value is -1.83. The van der Waals surface area contributed by atoms with Crippen molar-refractivity contribution in [3.8, 4) is 5.69 Å². The van der Waals surface area contributed by atoms with Gasteiger partial charge in [-0.1, -0.05) is 32.9 Å². The van der Waals surface area contributed by atoms with E-state index in [1.165, 1.54) is 11.8 Å². The molecule has 0 saturated heterocycles. The molecule has 0 bridgehead atoms. The van der Waals surface area contributed by atoms with Crippen LogP contribution in [0.1, 0.15) is 31.9 Å². The van der Waals surface area contributed by atoms with E-state index in [9.17, 15) is 0 Å². The van der Waals surface area contributed by atoms with Crippen LogP contribution in [0.15, 0.2) is 42.7 Å². The van der Waals surface area contributed by atoms with Crippen LogP contribution < -0.4 is 0 Å². The van der Waals surface area contributed by atoms with Gasteiger partial charge < -0.3 is 9.98 Å². The average molecular weight is 226 g/mol. The summed E-state index contributed by atoms with van der Waals surface area (Å²) in [7, 11) is 0. The fourth-order valence-electron chi connectivity index (χ4n) is 1.79. The van der Waals surface area contributed by atoms with Crippen LogP contribution in [0.2, 0.25) is 0 Å². The first-order chi connectivity index (χ1) is 8.00. The van der Waals surface area contributed by atoms with Crippen LogP contribution in [0.4, 0.5) is 0 Å². The molecule has 1 aromatic heterocycles. The van der Waals surface area contributed by atoms with Crippen LogP contribution in [-0.2, 0) is 5.41 Å². The molecule has 0 saturated carbocycles. The van der Waals surface area contributed by atoms with E-state index in [2.05, 4.69) is 45.0 Å². The highest BCUT2D eigenvalue weighted by Gasteiger charge is 2.12. The fourth-order valence-corrected chi connectivity index (χ4v) is 1.79. The summed E-state index contributed by atoms with van der Waals surface area (Å²) in [4.78, 5) is 0. The molecule has 2 heteroatoms. The van der Waals surface area contributed by atoms with Gasteiger partial charge >= 0.3 is 0 Å². The minimum atomic E-state index is 0.190. The van der Waals surface area contributed by atoms with Crippen molar-refractivity contribution in [2.75, 3.05) is 0 Å². The monoisotopic (exact) mass is 226 g/mol. The minimum absolute atomic E-state index is 0.190. The lowest BCUT2D eigenvalue weighted by Gasteiger charge is -2.19. The zero-order valence-corrected chi connectivity index (χ0v) is 10.6. The number of rotatable bonds is 2. The number of nitrogens with one attached hydrogen (secondary N) is 1. The van der Waals surface area contributed by atoms with E-state index in [0.717, 1.165) is 11.3 Å². The highest BCUT2D eigenvalue weighted by atomic mass is 14.9. The van der Waals surface area contributed by atoms with Crippen molar-refractivity contribution >= 4 is 6.21 Å². The maximum Gasteiger partial charge on any atom is 0.0449 e. The van der Waals surface area contributed by atoms with Crippen LogP contribution in [0, 0.1) is 5.41 Å². The predicted molar refractivity (Wildman–Crippen MR) is 72.4 cm³/mol. The van der Waals surface area contributed by atoms with Crippen LogP contribution in [-0.4, -0.2) is 10.8 Å². The second-order valence-electron chi connectivity index (χ2n) is 5.29. The van der Waals surface area contributed by atoms with E-state index in [-0.39, 0.29) is 5.41 Å². The van der Waals surface area contributed by atoms with Gasteiger partial charge in [0.1, 0.15) is 0 Å². The minimum Gasteiger partial charge on any atom is -0.323 e. The van der Waals surface area contributed by atoms with Crippen molar-refractivity contribution in [1.29, 1.82) is 5.41 Å². The van der Waals surface area contributed by atoms with E-state index in [1.54, 1.807) is 0 Å². The number of benzene rings is 1. The summed E-state index contributed by atoms with van der Waals surface area (Å²) in [6.07, 6.45) is 5.30. The van der Waals surface area contributed by atoms with E-state index in [4.69, 9.17) is 5.41 Å². The van der Waals surface area contributed by atoms with Crippen molar-refractivity contribution in [1.82, 2.24) is 4.57 Å². The molecule has 2 rings (SSSR count). The molecule has 0 radical (unpaired) electrons. The van der Waals surface area contributed by atoms with Gasteiger partial charge in [-0.25, -0.2) is 0 Å². The molecule has 0 aliphatic carbocycles. The zero-order valence-electron chi connectivity index (χ0n) is 10.6. The van der Waals surface area contributed by atoms with E-state index < -0.39 is 0 Å². The predicted octanol–water partition coefficient (Wildman–Crippen LogP) is 3.77. The summed E-state index contributed by atoms with van der Waals surface area (Å²) in [6, 6.07) is 10.5. The molecule has 0 atom stereocenters. The standard InChI is InChI=1S/C15H18N2/c1-15(2,3)13-4-6-14(7-5-13)17-9-8-12(10-16)11-17/h4-11,16H,1-3H3. The molecule has 0 aliphatic rings. The summed E-state index contributed by atoms with van der Waals surface area (Å²) in [5, 5.41) is 7.20. The Balaban J connectivity index is 2.32. The van der Waals surface area contributed by atoms with Gasteiger partial charge in [-0.15, -0.1) is 0 Å². The molecule has 88 valence electrons. The second kappa shape index (κ2) is 4.21. The topological polar surface area (TPSA) is 28.8 Å². The van der Waals surface area contributed by atoms with Gasteiger partial charge in [0.25, 0.3) is 0 Å². The Bertz CT molecular complexity index is 513. The van der Waals surface area contributed by atoms with Gasteiger partial charge in [0.2, 0.25) is 0 Å². The maximum absolute atomic E-state index is 7.20. The Kier molecular flexibility index (Phi) is 2.88. The molecular formula is C15H18N2. The molecule has 1 N–H and O–H groups in total. The maximum atomic E-state index is 7.20. The Morgan fingerprint density at radius 1 is 1.06 bits per heavy atom. The molecule has 0 fully saturated rings. The SMILES string of the molecule is CC(C)(C)c1ccc(-n2ccc(C=N)c2)cc1. The summed E-state index contributed by atoms with van der Waals surface area (Å²) in [6.45, 7) is 6.64. The van der Waals surface area contributed by atoms with Crippen LogP contribution in [0.3, 0.4) is 0 Å². The largest absolute Gasteiger partial charge is 0.323 e. The van der Waals surface area contributed by atoms with E-state index in [0.29, 0.717) is 0 Å². The Labute approximate surface area is 102 Å². The highest BCUT2D eigenvalue weighted by Crippen LogP contribution is 2.23. The molecule has 0 unspecified atom stereocenters. The molecule has 0 amide bonds. The normalized spacial score (nSPS) is 11.5. The van der Waals surface area contributed by atoms with Crippen LogP contribution in [0.25, 0.3) is 5.69 Å². The van der Waals surface area contributed by atoms with Crippen molar-refractivity contribution < 1.29 is 0 Å². The first-order valence-electron chi connectivity index (χ1n) is 5.80. The highest BCUT2D eigenvalue weighted by molar-refractivity contribution is 5.76. The molecule has 17 heavy (non-hydrogen) atoms. The Morgan fingerprint density at radius 2 is 1.71 bits per heavy atom. The molecule has 1 aromatic carbocycles. The molecular weight excluding hydrogens is 208 g/mol. The molecule has 0 spiro atoms. The van der Waals surface area contributed by atoms with Gasteiger partial charge in [0, 0.05) is 29.9 Å². The number of hydrogen-bond donors (Lipinski definition) is 1. The first kappa shape index (κ1) is 11.6. The lowest BCUT2D eigenvalue weighted by Crippen LogP contribution is -2.10. The summed E-state index contributed by atoms with van der Waals surface area (Å²) in [5.74, 6) is 0. The third kappa shape index (κ3) is 2.47. The van der Waals surface area contributed by atoms with Crippen molar-refractivity contribution in [3.05, 3.63) is 53.9 Å². The third-order valence-corrected chi connectivity index (χ3v) is 2.91. The van der Waals surface area contributed by atoms with Crippen LogP contribution in [0.5, 0.6) is 0 Å². The lowest BCUT2D eigenvalue weighted by molar-refractivity contribution is 0.590. The van der Waals surface area contributed by atoms with Crippen molar-refractivity contribution in [2.24, 2.45) is 0 Å². The van der Waals surface area contributed by atoms with Crippen molar-refractivity contribution in [3.63, 3.8) is 0 Å².